The van der Waals surface area contributed by atoms with Gasteiger partial charge in [-0.25, -0.2) is 0 Å². The second-order valence-corrected chi connectivity index (χ2v) is 7.29. The highest BCUT2D eigenvalue weighted by atomic mass is 32.1. The molecule has 28 heavy (non-hydrogen) atoms. The lowest BCUT2D eigenvalue weighted by Gasteiger charge is -2.08. The number of aryl methyl sites for hydroxylation is 1. The Hall–Kier alpha value is -3.12. The molecule has 0 saturated heterocycles. The highest BCUT2D eigenvalue weighted by Crippen LogP contribution is 2.33. The lowest BCUT2D eigenvalue weighted by Crippen LogP contribution is -2.15. The largest absolute Gasteiger partial charge is 0.493 e. The van der Waals surface area contributed by atoms with Gasteiger partial charge in [0.25, 0.3) is 5.91 Å². The summed E-state index contributed by atoms with van der Waals surface area (Å²) in [4.78, 5) is 17.9. The highest BCUT2D eigenvalue weighted by Gasteiger charge is 2.13. The second kappa shape index (κ2) is 7.48. The van der Waals surface area contributed by atoms with Gasteiger partial charge >= 0.3 is 0 Å². The van der Waals surface area contributed by atoms with E-state index in [9.17, 15) is 4.79 Å². The Balaban J connectivity index is 1.84. The van der Waals surface area contributed by atoms with E-state index in [-0.39, 0.29) is 5.91 Å². The van der Waals surface area contributed by atoms with Crippen LogP contribution in [0.5, 0.6) is 11.5 Å². The molecule has 4 aromatic rings. The number of thiazole rings is 1. The summed E-state index contributed by atoms with van der Waals surface area (Å²) in [6, 6.07) is 17.5. The number of hydrogen-bond acceptors (Lipinski definition) is 4. The van der Waals surface area contributed by atoms with Crippen LogP contribution in [0.3, 0.4) is 0 Å². The van der Waals surface area contributed by atoms with Crippen molar-refractivity contribution in [1.29, 1.82) is 0 Å². The van der Waals surface area contributed by atoms with Crippen molar-refractivity contribution < 1.29 is 14.3 Å². The van der Waals surface area contributed by atoms with Crippen molar-refractivity contribution in [2.24, 2.45) is 4.99 Å². The Morgan fingerprint density at radius 1 is 1.00 bits per heavy atom. The third-order valence-electron chi connectivity index (χ3n) is 4.70. The fourth-order valence-electron chi connectivity index (χ4n) is 3.26. The van der Waals surface area contributed by atoms with Gasteiger partial charge in [-0.2, -0.15) is 4.99 Å². The first-order chi connectivity index (χ1) is 13.6. The third-order valence-corrected chi connectivity index (χ3v) is 5.74. The molecule has 0 unspecified atom stereocenters. The van der Waals surface area contributed by atoms with Crippen LogP contribution in [0, 0.1) is 0 Å². The van der Waals surface area contributed by atoms with E-state index >= 15 is 0 Å². The molecule has 4 rings (SSSR count). The van der Waals surface area contributed by atoms with Crippen molar-refractivity contribution in [3.05, 3.63) is 65.0 Å². The zero-order chi connectivity index (χ0) is 19.7. The van der Waals surface area contributed by atoms with Gasteiger partial charge in [0.05, 0.1) is 24.4 Å². The van der Waals surface area contributed by atoms with Crippen LogP contribution in [-0.2, 0) is 6.54 Å². The molecule has 3 aromatic carbocycles. The highest BCUT2D eigenvalue weighted by molar-refractivity contribution is 7.16. The van der Waals surface area contributed by atoms with E-state index in [0.717, 1.165) is 21.0 Å². The van der Waals surface area contributed by atoms with Crippen LogP contribution in [0.2, 0.25) is 0 Å². The summed E-state index contributed by atoms with van der Waals surface area (Å²) in [6.45, 7) is 2.72. The minimum absolute atomic E-state index is 0.251. The molecule has 0 aliphatic carbocycles. The minimum atomic E-state index is -0.251. The molecular weight excluding hydrogens is 372 g/mol. The van der Waals surface area contributed by atoms with E-state index < -0.39 is 0 Å². The fourth-order valence-corrected chi connectivity index (χ4v) is 4.36. The van der Waals surface area contributed by atoms with Crippen LogP contribution >= 0.6 is 11.3 Å². The summed E-state index contributed by atoms with van der Waals surface area (Å²) in [6.07, 6.45) is 0. The maximum Gasteiger partial charge on any atom is 0.279 e. The maximum absolute atomic E-state index is 12.8. The number of carbonyl (C=O) groups is 1. The molecule has 0 aliphatic rings. The van der Waals surface area contributed by atoms with Gasteiger partial charge in [0.1, 0.15) is 0 Å². The number of carbonyl (C=O) groups excluding carboxylic acids is 1. The molecule has 6 heteroatoms. The number of aromatic nitrogens is 1. The Bertz CT molecular complexity index is 1250. The van der Waals surface area contributed by atoms with Gasteiger partial charge in [0, 0.05) is 24.2 Å². The summed E-state index contributed by atoms with van der Waals surface area (Å²) < 4.78 is 13.8. The molecule has 0 saturated carbocycles. The van der Waals surface area contributed by atoms with E-state index in [1.165, 1.54) is 11.3 Å². The SMILES string of the molecule is CCn1c(=NC(=O)c2ccc3ccccc3c2)sc2cc(OC)c(OC)cc21. The minimum Gasteiger partial charge on any atom is -0.493 e. The first-order valence-electron chi connectivity index (χ1n) is 8.97. The molecule has 1 aromatic heterocycles. The molecule has 0 bridgehead atoms. The predicted octanol–water partition coefficient (Wildman–Crippen LogP) is 4.63. The summed E-state index contributed by atoms with van der Waals surface area (Å²) >= 11 is 1.46. The first-order valence-corrected chi connectivity index (χ1v) is 9.79. The van der Waals surface area contributed by atoms with E-state index in [1.54, 1.807) is 14.2 Å². The molecule has 0 atom stereocenters. The Labute approximate surface area is 166 Å². The molecule has 0 radical (unpaired) electrons. The van der Waals surface area contributed by atoms with Gasteiger partial charge < -0.3 is 14.0 Å². The summed E-state index contributed by atoms with van der Waals surface area (Å²) in [7, 11) is 3.22. The van der Waals surface area contributed by atoms with Crippen LogP contribution in [-0.4, -0.2) is 24.7 Å². The van der Waals surface area contributed by atoms with E-state index in [2.05, 4.69) is 4.99 Å². The lowest BCUT2D eigenvalue weighted by molar-refractivity contribution is 0.0998. The van der Waals surface area contributed by atoms with Gasteiger partial charge in [0.15, 0.2) is 16.3 Å². The van der Waals surface area contributed by atoms with Crippen LogP contribution in [0.25, 0.3) is 21.0 Å². The summed E-state index contributed by atoms with van der Waals surface area (Å²) in [5.41, 5.74) is 1.55. The van der Waals surface area contributed by atoms with Crippen molar-refractivity contribution in [3.8, 4) is 11.5 Å². The number of benzene rings is 3. The zero-order valence-corrected chi connectivity index (χ0v) is 16.7. The number of nitrogens with zero attached hydrogens (tertiary/aromatic N) is 2. The molecule has 0 aliphatic heterocycles. The molecular formula is C22H20N2O3S. The number of amides is 1. The molecule has 0 fully saturated rings. The number of hydrogen-bond donors (Lipinski definition) is 0. The van der Waals surface area contributed by atoms with E-state index in [0.29, 0.717) is 28.4 Å². The topological polar surface area (TPSA) is 52.8 Å². The van der Waals surface area contributed by atoms with Crippen molar-refractivity contribution >= 4 is 38.2 Å². The van der Waals surface area contributed by atoms with Crippen molar-refractivity contribution in [2.75, 3.05) is 14.2 Å². The van der Waals surface area contributed by atoms with Gasteiger partial charge in [-0.1, -0.05) is 41.7 Å². The maximum atomic E-state index is 12.8. The monoisotopic (exact) mass is 392 g/mol. The third kappa shape index (κ3) is 3.16. The average Bonchev–Trinajstić information content (AvgIpc) is 3.07. The molecule has 5 nitrogen and oxygen atoms in total. The second-order valence-electron chi connectivity index (χ2n) is 6.28. The van der Waals surface area contributed by atoms with Crippen molar-refractivity contribution in [1.82, 2.24) is 4.57 Å². The number of methoxy groups -OCH3 is 2. The Morgan fingerprint density at radius 2 is 1.71 bits per heavy atom. The fraction of sp³-hybridized carbons (Fsp3) is 0.182. The molecule has 0 N–H and O–H groups in total. The molecule has 0 spiro atoms. The predicted molar refractivity (Wildman–Crippen MR) is 112 cm³/mol. The van der Waals surface area contributed by atoms with Crippen LogP contribution in [0.4, 0.5) is 0 Å². The Kier molecular flexibility index (Phi) is 4.88. The normalized spacial score (nSPS) is 11.9. The van der Waals surface area contributed by atoms with Gasteiger partial charge in [-0.05, 0) is 29.8 Å². The smallest absolute Gasteiger partial charge is 0.279 e. The van der Waals surface area contributed by atoms with E-state index in [1.807, 2.05) is 66.1 Å². The van der Waals surface area contributed by atoms with Crippen molar-refractivity contribution in [2.45, 2.75) is 13.5 Å². The van der Waals surface area contributed by atoms with Crippen molar-refractivity contribution in [3.63, 3.8) is 0 Å². The van der Waals surface area contributed by atoms with Gasteiger partial charge in [-0.3, -0.25) is 4.79 Å². The van der Waals surface area contributed by atoms with Crippen LogP contribution in [0.15, 0.2) is 59.6 Å². The standard InChI is InChI=1S/C22H20N2O3S/c1-4-24-17-12-18(26-2)19(27-3)13-20(17)28-22(24)23-21(25)16-10-9-14-7-5-6-8-15(14)11-16/h5-13H,4H2,1-3H3. The van der Waals surface area contributed by atoms with E-state index in [4.69, 9.17) is 9.47 Å². The Morgan fingerprint density at radius 3 is 2.43 bits per heavy atom. The number of rotatable bonds is 4. The lowest BCUT2D eigenvalue weighted by atomic mass is 10.1. The molecule has 142 valence electrons. The van der Waals surface area contributed by atoms with Gasteiger partial charge in [-0.15, -0.1) is 0 Å². The van der Waals surface area contributed by atoms with Gasteiger partial charge in [0.2, 0.25) is 0 Å². The van der Waals surface area contributed by atoms with Crippen LogP contribution < -0.4 is 14.3 Å². The molecule has 1 heterocycles. The average molecular weight is 392 g/mol. The summed E-state index contributed by atoms with van der Waals surface area (Å²) in [5, 5.41) is 2.13. The first kappa shape index (κ1) is 18.3. The quantitative estimate of drug-likeness (QED) is 0.509. The summed E-state index contributed by atoms with van der Waals surface area (Å²) in [5.74, 6) is 1.06. The number of ether oxygens (including phenoxy) is 2. The molecule has 1 amide bonds. The zero-order valence-electron chi connectivity index (χ0n) is 15.9. The number of fused-ring (bicyclic) bond motifs is 2. The van der Waals surface area contributed by atoms with Crippen LogP contribution in [0.1, 0.15) is 17.3 Å².